The molecule has 22 heavy (non-hydrogen) atoms. The van der Waals surface area contributed by atoms with Crippen LogP contribution < -0.4 is 4.72 Å². The minimum atomic E-state index is -3.82. The summed E-state index contributed by atoms with van der Waals surface area (Å²) in [5, 5.41) is 4.74. The van der Waals surface area contributed by atoms with Crippen molar-refractivity contribution in [1.82, 2.24) is 9.78 Å². The van der Waals surface area contributed by atoms with Gasteiger partial charge in [0.25, 0.3) is 10.0 Å². The van der Waals surface area contributed by atoms with Crippen LogP contribution in [0.15, 0.2) is 23.2 Å². The first-order chi connectivity index (χ1) is 10.2. The molecule has 0 aliphatic rings. The Kier molecular flexibility index (Phi) is 5.04. The Morgan fingerprint density at radius 3 is 2.50 bits per heavy atom. The van der Waals surface area contributed by atoms with Crippen molar-refractivity contribution in [1.29, 1.82) is 0 Å². The zero-order valence-electron chi connectivity index (χ0n) is 12.5. The predicted molar refractivity (Wildman–Crippen MR) is 89.3 cm³/mol. The SMILES string of the molecule is CCCn1cc(C)c(NS(=O)(=O)c2cc(C)c(Cl)cc2Cl)n1. The summed E-state index contributed by atoms with van der Waals surface area (Å²) in [7, 11) is -3.82. The molecule has 0 saturated heterocycles. The van der Waals surface area contributed by atoms with E-state index in [-0.39, 0.29) is 9.92 Å². The molecule has 0 bridgehead atoms. The number of hydrogen-bond donors (Lipinski definition) is 1. The van der Waals surface area contributed by atoms with Gasteiger partial charge in [0.2, 0.25) is 0 Å². The van der Waals surface area contributed by atoms with E-state index < -0.39 is 10.0 Å². The van der Waals surface area contributed by atoms with E-state index in [1.54, 1.807) is 24.7 Å². The standard InChI is InChI=1S/C14H17Cl2N3O2S/c1-4-5-19-8-10(3)14(17-19)18-22(20,21)13-6-9(2)11(15)7-12(13)16/h6-8H,4-5H2,1-3H3,(H,17,18). The number of aryl methyl sites for hydroxylation is 3. The van der Waals surface area contributed by atoms with Gasteiger partial charge in [0.1, 0.15) is 4.90 Å². The molecule has 1 heterocycles. The van der Waals surface area contributed by atoms with Crippen molar-refractivity contribution in [3.63, 3.8) is 0 Å². The average Bonchev–Trinajstić information content (AvgIpc) is 2.73. The third-order valence-corrected chi connectivity index (χ3v) is 5.34. The van der Waals surface area contributed by atoms with E-state index in [1.165, 1.54) is 12.1 Å². The number of nitrogens with zero attached hydrogens (tertiary/aromatic N) is 2. The van der Waals surface area contributed by atoms with Crippen molar-refractivity contribution in [2.75, 3.05) is 4.72 Å². The van der Waals surface area contributed by atoms with E-state index in [9.17, 15) is 8.42 Å². The minimum absolute atomic E-state index is 0.0134. The van der Waals surface area contributed by atoms with E-state index >= 15 is 0 Å². The van der Waals surface area contributed by atoms with Crippen LogP contribution in [0.5, 0.6) is 0 Å². The van der Waals surface area contributed by atoms with Crippen molar-refractivity contribution in [2.24, 2.45) is 0 Å². The zero-order valence-corrected chi connectivity index (χ0v) is 14.8. The second-order valence-electron chi connectivity index (χ2n) is 5.06. The average molecular weight is 362 g/mol. The van der Waals surface area contributed by atoms with Crippen LogP contribution in [0.4, 0.5) is 5.82 Å². The van der Waals surface area contributed by atoms with Crippen LogP contribution in [0.1, 0.15) is 24.5 Å². The summed E-state index contributed by atoms with van der Waals surface area (Å²) >= 11 is 12.0. The van der Waals surface area contributed by atoms with E-state index in [2.05, 4.69) is 9.82 Å². The first kappa shape index (κ1) is 17.1. The Labute approximate surface area is 140 Å². The van der Waals surface area contributed by atoms with Gasteiger partial charge in [-0.05, 0) is 38.0 Å². The summed E-state index contributed by atoms with van der Waals surface area (Å²) < 4.78 is 29.2. The molecule has 0 radical (unpaired) electrons. The summed E-state index contributed by atoms with van der Waals surface area (Å²) in [6, 6.07) is 2.88. The number of rotatable bonds is 5. The molecule has 0 spiro atoms. The van der Waals surface area contributed by atoms with Crippen LogP contribution in [0.25, 0.3) is 0 Å². The van der Waals surface area contributed by atoms with Gasteiger partial charge in [0.15, 0.2) is 5.82 Å². The first-order valence-electron chi connectivity index (χ1n) is 6.77. The highest BCUT2D eigenvalue weighted by Crippen LogP contribution is 2.29. The van der Waals surface area contributed by atoms with Gasteiger partial charge in [-0.25, -0.2) is 8.42 Å². The molecule has 0 unspecified atom stereocenters. The van der Waals surface area contributed by atoms with Crippen molar-refractivity contribution >= 4 is 39.0 Å². The van der Waals surface area contributed by atoms with Gasteiger partial charge in [0.05, 0.1) is 5.02 Å². The molecule has 0 atom stereocenters. The largest absolute Gasteiger partial charge is 0.270 e. The smallest absolute Gasteiger partial charge is 0.264 e. The Morgan fingerprint density at radius 2 is 1.86 bits per heavy atom. The summed E-state index contributed by atoms with van der Waals surface area (Å²) in [6.45, 7) is 6.27. The highest BCUT2D eigenvalue weighted by molar-refractivity contribution is 7.92. The molecule has 0 amide bonds. The minimum Gasteiger partial charge on any atom is -0.270 e. The molecule has 8 heteroatoms. The highest BCUT2D eigenvalue weighted by atomic mass is 35.5. The Hall–Kier alpha value is -1.24. The number of nitrogens with one attached hydrogen (secondary N) is 1. The predicted octanol–water partition coefficient (Wildman–Crippen LogP) is 4.02. The Morgan fingerprint density at radius 1 is 1.18 bits per heavy atom. The maximum atomic E-state index is 12.5. The molecule has 0 fully saturated rings. The van der Waals surface area contributed by atoms with Gasteiger partial charge in [-0.3, -0.25) is 9.40 Å². The van der Waals surface area contributed by atoms with E-state index in [0.29, 0.717) is 16.4 Å². The van der Waals surface area contributed by atoms with Gasteiger partial charge in [-0.15, -0.1) is 0 Å². The summed E-state index contributed by atoms with van der Waals surface area (Å²) in [5.41, 5.74) is 1.39. The second-order valence-corrected chi connectivity index (χ2v) is 7.53. The molecule has 120 valence electrons. The summed E-state index contributed by atoms with van der Waals surface area (Å²) in [5.74, 6) is 0.303. The fraction of sp³-hybridized carbons (Fsp3) is 0.357. The molecule has 2 rings (SSSR count). The molecule has 0 aliphatic carbocycles. The molecule has 0 aliphatic heterocycles. The van der Waals surface area contributed by atoms with Crippen LogP contribution in [-0.2, 0) is 16.6 Å². The van der Waals surface area contributed by atoms with Gasteiger partial charge in [0, 0.05) is 23.3 Å². The lowest BCUT2D eigenvalue weighted by Gasteiger charge is -2.10. The fourth-order valence-electron chi connectivity index (χ4n) is 1.98. The second kappa shape index (κ2) is 6.48. The Bertz CT molecular complexity index is 801. The van der Waals surface area contributed by atoms with E-state index in [1.807, 2.05) is 6.92 Å². The number of anilines is 1. The molecule has 5 nitrogen and oxygen atoms in total. The van der Waals surface area contributed by atoms with E-state index in [0.717, 1.165) is 18.5 Å². The highest BCUT2D eigenvalue weighted by Gasteiger charge is 2.21. The zero-order chi connectivity index (χ0) is 16.5. The number of hydrogen-bond acceptors (Lipinski definition) is 3. The van der Waals surface area contributed by atoms with Gasteiger partial charge >= 0.3 is 0 Å². The lowest BCUT2D eigenvalue weighted by Crippen LogP contribution is -2.15. The molecule has 0 saturated carbocycles. The number of benzene rings is 1. The van der Waals surface area contributed by atoms with Crippen LogP contribution >= 0.6 is 23.2 Å². The summed E-state index contributed by atoms with van der Waals surface area (Å²) in [4.78, 5) is -0.0134. The summed E-state index contributed by atoms with van der Waals surface area (Å²) in [6.07, 6.45) is 2.71. The maximum Gasteiger partial charge on any atom is 0.264 e. The topological polar surface area (TPSA) is 64.0 Å². The number of sulfonamides is 1. The van der Waals surface area contributed by atoms with Crippen molar-refractivity contribution in [3.05, 3.63) is 39.5 Å². The van der Waals surface area contributed by atoms with Crippen LogP contribution in [0, 0.1) is 13.8 Å². The molecule has 2 aromatic rings. The molecule has 1 aromatic carbocycles. The normalized spacial score (nSPS) is 11.7. The van der Waals surface area contributed by atoms with Gasteiger partial charge in [-0.2, -0.15) is 5.10 Å². The Balaban J connectivity index is 2.38. The lowest BCUT2D eigenvalue weighted by atomic mass is 10.2. The fourth-order valence-corrected chi connectivity index (χ4v) is 3.89. The number of aromatic nitrogens is 2. The van der Waals surface area contributed by atoms with Crippen LogP contribution in [-0.4, -0.2) is 18.2 Å². The quantitative estimate of drug-likeness (QED) is 0.874. The molecule has 1 aromatic heterocycles. The third kappa shape index (κ3) is 3.56. The monoisotopic (exact) mass is 361 g/mol. The number of halogens is 2. The van der Waals surface area contributed by atoms with E-state index in [4.69, 9.17) is 23.2 Å². The van der Waals surface area contributed by atoms with Gasteiger partial charge < -0.3 is 0 Å². The van der Waals surface area contributed by atoms with Crippen molar-refractivity contribution < 1.29 is 8.42 Å². The lowest BCUT2D eigenvalue weighted by molar-refractivity contribution is 0.597. The van der Waals surface area contributed by atoms with Gasteiger partial charge in [-0.1, -0.05) is 30.1 Å². The molecular weight excluding hydrogens is 345 g/mol. The maximum absolute atomic E-state index is 12.5. The third-order valence-electron chi connectivity index (χ3n) is 3.13. The molecule has 1 N–H and O–H groups in total. The molecular formula is C14H17Cl2N3O2S. The van der Waals surface area contributed by atoms with Crippen LogP contribution in [0.2, 0.25) is 10.0 Å². The first-order valence-corrected chi connectivity index (χ1v) is 9.01. The van der Waals surface area contributed by atoms with Crippen LogP contribution in [0.3, 0.4) is 0 Å². The van der Waals surface area contributed by atoms with Crippen molar-refractivity contribution in [3.8, 4) is 0 Å². The van der Waals surface area contributed by atoms with Crippen molar-refractivity contribution in [2.45, 2.75) is 38.6 Å².